The summed E-state index contributed by atoms with van der Waals surface area (Å²) in [5, 5.41) is 15.4. The summed E-state index contributed by atoms with van der Waals surface area (Å²) in [5.74, 6) is 0. The van der Waals surface area contributed by atoms with Crippen molar-refractivity contribution in [2.24, 2.45) is 0 Å². The van der Waals surface area contributed by atoms with Crippen molar-refractivity contribution < 1.29 is 0 Å². The molecule has 0 saturated heterocycles. The summed E-state index contributed by atoms with van der Waals surface area (Å²) < 4.78 is 0. The molecular weight excluding hydrogens is 504 g/mol. The Kier molecular flexibility index (Phi) is 5.00. The molecule has 9 rings (SSSR count). The van der Waals surface area contributed by atoms with Gasteiger partial charge in [0.25, 0.3) is 0 Å². The molecule has 0 amide bonds. The van der Waals surface area contributed by atoms with Gasteiger partial charge < -0.3 is 0 Å². The lowest BCUT2D eigenvalue weighted by Gasteiger charge is -2.17. The van der Waals surface area contributed by atoms with Crippen LogP contribution in [0.15, 0.2) is 158 Å². The Balaban J connectivity index is 1.36. The molecule has 0 radical (unpaired) electrons. The zero-order valence-electron chi connectivity index (χ0n) is 23.0. The van der Waals surface area contributed by atoms with Gasteiger partial charge in [0.15, 0.2) is 0 Å². The van der Waals surface area contributed by atoms with Crippen LogP contribution in [0.5, 0.6) is 0 Å². The molecule has 0 heteroatoms. The zero-order valence-corrected chi connectivity index (χ0v) is 23.0. The zero-order chi connectivity index (χ0) is 27.6. The third-order valence-corrected chi connectivity index (χ3v) is 9.00. The van der Waals surface area contributed by atoms with Crippen molar-refractivity contribution >= 4 is 64.6 Å². The van der Waals surface area contributed by atoms with Crippen molar-refractivity contribution in [3.63, 3.8) is 0 Å². The average molecular weight is 531 g/mol. The molecule has 42 heavy (non-hydrogen) atoms. The van der Waals surface area contributed by atoms with Crippen LogP contribution in [0.1, 0.15) is 0 Å². The van der Waals surface area contributed by atoms with Crippen LogP contribution < -0.4 is 0 Å². The van der Waals surface area contributed by atoms with Crippen molar-refractivity contribution in [1.29, 1.82) is 0 Å². The van der Waals surface area contributed by atoms with E-state index in [9.17, 15) is 0 Å². The normalized spacial score (nSPS) is 11.8. The third-order valence-electron chi connectivity index (χ3n) is 9.00. The maximum absolute atomic E-state index is 2.40. The molecule has 9 aromatic carbocycles. The predicted molar refractivity (Wildman–Crippen MR) is 182 cm³/mol. The third kappa shape index (κ3) is 3.42. The molecule has 0 aliphatic carbocycles. The van der Waals surface area contributed by atoms with E-state index in [4.69, 9.17) is 0 Å². The maximum atomic E-state index is 2.40. The van der Waals surface area contributed by atoms with E-state index in [0.717, 1.165) is 0 Å². The van der Waals surface area contributed by atoms with Crippen LogP contribution in [0.3, 0.4) is 0 Å². The van der Waals surface area contributed by atoms with Crippen LogP contribution >= 0.6 is 0 Å². The lowest BCUT2D eigenvalue weighted by molar-refractivity contribution is 1.68. The Hall–Kier alpha value is -5.46. The number of hydrogen-bond acceptors (Lipinski definition) is 0. The molecule has 0 aliphatic rings. The van der Waals surface area contributed by atoms with E-state index in [1.807, 2.05) is 0 Å². The second kappa shape index (κ2) is 9.03. The lowest BCUT2D eigenvalue weighted by Crippen LogP contribution is -1.90. The minimum Gasteiger partial charge on any atom is -0.0616 e. The van der Waals surface area contributed by atoms with Gasteiger partial charge in [-0.2, -0.15) is 0 Å². The van der Waals surface area contributed by atoms with Crippen LogP contribution in [-0.2, 0) is 0 Å². The topological polar surface area (TPSA) is 0 Å². The Morgan fingerprint density at radius 1 is 0.190 bits per heavy atom. The van der Waals surface area contributed by atoms with E-state index < -0.39 is 0 Å². The molecule has 0 aromatic heterocycles. The molecule has 0 fully saturated rings. The van der Waals surface area contributed by atoms with Crippen LogP contribution in [0.4, 0.5) is 0 Å². The highest BCUT2D eigenvalue weighted by Crippen LogP contribution is 2.43. The van der Waals surface area contributed by atoms with Crippen molar-refractivity contribution in [1.82, 2.24) is 0 Å². The molecule has 0 heterocycles. The van der Waals surface area contributed by atoms with E-state index >= 15 is 0 Å². The summed E-state index contributed by atoms with van der Waals surface area (Å²) in [5.41, 5.74) is 5.10. The van der Waals surface area contributed by atoms with Gasteiger partial charge in [-0.1, -0.05) is 133 Å². The van der Waals surface area contributed by atoms with Crippen LogP contribution in [0.2, 0.25) is 0 Å². The summed E-state index contributed by atoms with van der Waals surface area (Å²) in [6.07, 6.45) is 0. The van der Waals surface area contributed by atoms with Gasteiger partial charge in [0.1, 0.15) is 0 Å². The molecule has 0 aliphatic heterocycles. The van der Waals surface area contributed by atoms with Crippen LogP contribution in [-0.4, -0.2) is 0 Å². The first-order valence-corrected chi connectivity index (χ1v) is 14.6. The van der Waals surface area contributed by atoms with E-state index in [1.54, 1.807) is 0 Å². The Labute approximate surface area is 244 Å². The van der Waals surface area contributed by atoms with Gasteiger partial charge in [-0.15, -0.1) is 0 Å². The van der Waals surface area contributed by atoms with E-state index in [1.165, 1.54) is 86.9 Å². The first kappa shape index (κ1) is 23.3. The Morgan fingerprint density at radius 3 is 1.14 bits per heavy atom. The largest absolute Gasteiger partial charge is 0.0616 e. The molecule has 0 nitrogen and oxygen atoms in total. The van der Waals surface area contributed by atoms with E-state index in [2.05, 4.69) is 158 Å². The molecule has 0 saturated carbocycles. The summed E-state index contributed by atoms with van der Waals surface area (Å²) in [4.78, 5) is 0. The first-order chi connectivity index (χ1) is 20.8. The number of benzene rings is 9. The van der Waals surface area contributed by atoms with Gasteiger partial charge in [-0.25, -0.2) is 0 Å². The van der Waals surface area contributed by atoms with Crippen molar-refractivity contribution in [3.05, 3.63) is 158 Å². The van der Waals surface area contributed by atoms with Crippen LogP contribution in [0.25, 0.3) is 86.9 Å². The molecule has 9 aromatic rings. The smallest absolute Gasteiger partial charge is 0.00928 e. The first-order valence-electron chi connectivity index (χ1n) is 14.6. The van der Waals surface area contributed by atoms with Gasteiger partial charge in [0.2, 0.25) is 0 Å². The van der Waals surface area contributed by atoms with Crippen molar-refractivity contribution in [3.8, 4) is 22.3 Å². The van der Waals surface area contributed by atoms with Gasteiger partial charge in [0.05, 0.1) is 0 Å². The monoisotopic (exact) mass is 530 g/mol. The second-order valence-electron chi connectivity index (χ2n) is 11.3. The highest BCUT2D eigenvalue weighted by atomic mass is 14.2. The quantitative estimate of drug-likeness (QED) is 0.154. The Morgan fingerprint density at radius 2 is 0.571 bits per heavy atom. The molecule has 0 atom stereocenters. The fraction of sp³-hybridized carbons (Fsp3) is 0. The van der Waals surface area contributed by atoms with Gasteiger partial charge in [-0.05, 0) is 111 Å². The lowest BCUT2D eigenvalue weighted by atomic mass is 9.86. The van der Waals surface area contributed by atoms with Crippen LogP contribution in [0, 0.1) is 0 Å². The number of hydrogen-bond donors (Lipinski definition) is 0. The average Bonchev–Trinajstić information content (AvgIpc) is 3.06. The number of rotatable bonds is 2. The molecule has 0 unspecified atom stereocenters. The van der Waals surface area contributed by atoms with E-state index in [0.29, 0.717) is 0 Å². The van der Waals surface area contributed by atoms with Gasteiger partial charge in [0, 0.05) is 0 Å². The standard InChI is InChI=1S/C42H26/c1-2-12-28-24-40-30(23-27(28)11-1)26-42(37-20-10-8-18-35(37)40)39-22-21-38(33-16-6-7-17-34(33)39)41-25-29-13-3-4-14-31(29)32-15-5-9-19-36(32)41/h1-26H. The van der Waals surface area contributed by atoms with Crippen molar-refractivity contribution in [2.75, 3.05) is 0 Å². The minimum absolute atomic E-state index is 1.27. The SMILES string of the molecule is c1ccc2cc3c(cc(-c4ccc(-c5cc6ccccc6c6ccccc56)c5ccccc45)c4ccccc43)cc2c1. The highest BCUT2D eigenvalue weighted by molar-refractivity contribution is 6.21. The molecule has 0 spiro atoms. The molecule has 0 N–H and O–H groups in total. The van der Waals surface area contributed by atoms with Gasteiger partial charge in [-0.3, -0.25) is 0 Å². The summed E-state index contributed by atoms with van der Waals surface area (Å²) in [6.45, 7) is 0. The fourth-order valence-electron chi connectivity index (χ4n) is 7.07. The maximum Gasteiger partial charge on any atom is -0.00928 e. The summed E-state index contributed by atoms with van der Waals surface area (Å²) in [7, 11) is 0. The second-order valence-corrected chi connectivity index (χ2v) is 11.3. The summed E-state index contributed by atoms with van der Waals surface area (Å²) >= 11 is 0. The van der Waals surface area contributed by atoms with E-state index in [-0.39, 0.29) is 0 Å². The predicted octanol–water partition coefficient (Wildman–Crippen LogP) is 11.9. The fourth-order valence-corrected chi connectivity index (χ4v) is 7.07. The van der Waals surface area contributed by atoms with Gasteiger partial charge >= 0.3 is 0 Å². The summed E-state index contributed by atoms with van der Waals surface area (Å²) in [6, 6.07) is 58.2. The minimum atomic E-state index is 1.27. The van der Waals surface area contributed by atoms with Crippen molar-refractivity contribution in [2.45, 2.75) is 0 Å². The number of fused-ring (bicyclic) bond motifs is 8. The molecular formula is C42H26. The Bertz CT molecular complexity index is 2510. The highest BCUT2D eigenvalue weighted by Gasteiger charge is 2.16. The molecule has 194 valence electrons. The molecule has 0 bridgehead atoms.